The lowest BCUT2D eigenvalue weighted by molar-refractivity contribution is 0.0380. The summed E-state index contributed by atoms with van der Waals surface area (Å²) in [6.07, 6.45) is -0.551. The number of nitrogens with zero attached hydrogens (tertiary/aromatic N) is 1. The molecule has 1 aromatic heterocycles. The molecule has 0 bridgehead atoms. The van der Waals surface area contributed by atoms with Gasteiger partial charge in [-0.3, -0.25) is 0 Å². The number of ether oxygens (including phenoxy) is 1. The minimum Gasteiger partial charge on any atom is -0.449 e. The third kappa shape index (κ3) is 4.54. The van der Waals surface area contributed by atoms with E-state index in [0.717, 1.165) is 11.1 Å². The fourth-order valence-electron chi connectivity index (χ4n) is 3.93. The topological polar surface area (TPSA) is 39.2 Å². The normalized spacial score (nSPS) is 11.0. The number of esters is 1. The van der Waals surface area contributed by atoms with E-state index < -0.39 is 12.1 Å². The van der Waals surface area contributed by atoms with Crippen molar-refractivity contribution in [3.63, 3.8) is 0 Å². The molecule has 5 aromatic rings. The molecule has 4 aromatic carbocycles. The van der Waals surface area contributed by atoms with Gasteiger partial charge in [-0.2, -0.15) is 0 Å². The Labute approximate surface area is 207 Å². The standard InChI is InChI=1S/C29H19Cl2NO2/c30-21-15-16-23(25(31)17-21)27-18-24(22-13-7-8-14-26(22)32-27)29(33)34-28(19-9-3-1-4-10-19)20-11-5-2-6-12-20/h1-18,28H. The Morgan fingerprint density at radius 2 is 1.35 bits per heavy atom. The van der Waals surface area contributed by atoms with Crippen molar-refractivity contribution in [3.8, 4) is 11.3 Å². The number of hydrogen-bond donors (Lipinski definition) is 0. The Morgan fingerprint density at radius 1 is 0.735 bits per heavy atom. The first-order chi connectivity index (χ1) is 16.6. The molecule has 0 aliphatic rings. The van der Waals surface area contributed by atoms with Gasteiger partial charge in [-0.25, -0.2) is 9.78 Å². The second-order valence-corrected chi connectivity index (χ2v) is 8.65. The van der Waals surface area contributed by atoms with Crippen LogP contribution in [0.25, 0.3) is 22.2 Å². The summed E-state index contributed by atoms with van der Waals surface area (Å²) >= 11 is 12.5. The van der Waals surface area contributed by atoms with Crippen LogP contribution in [0.4, 0.5) is 0 Å². The number of fused-ring (bicyclic) bond motifs is 1. The van der Waals surface area contributed by atoms with Gasteiger partial charge in [0.25, 0.3) is 0 Å². The molecule has 0 fully saturated rings. The Kier molecular flexibility index (Phi) is 6.31. The molecular weight excluding hydrogens is 465 g/mol. The number of pyridine rings is 1. The third-order valence-corrected chi connectivity index (χ3v) is 6.12. The first kappa shape index (κ1) is 22.1. The summed E-state index contributed by atoms with van der Waals surface area (Å²) in [5.41, 5.74) is 4.14. The van der Waals surface area contributed by atoms with Gasteiger partial charge in [0.2, 0.25) is 0 Å². The summed E-state index contributed by atoms with van der Waals surface area (Å²) in [4.78, 5) is 18.4. The summed E-state index contributed by atoms with van der Waals surface area (Å²) < 4.78 is 6.14. The molecule has 0 atom stereocenters. The number of aromatic nitrogens is 1. The fourth-order valence-corrected chi connectivity index (χ4v) is 4.44. The van der Waals surface area contributed by atoms with Crippen molar-refractivity contribution in [3.05, 3.63) is 136 Å². The van der Waals surface area contributed by atoms with Crippen LogP contribution in [-0.4, -0.2) is 11.0 Å². The minimum absolute atomic E-state index is 0.420. The summed E-state index contributed by atoms with van der Waals surface area (Å²) in [5.74, 6) is -0.442. The summed E-state index contributed by atoms with van der Waals surface area (Å²) in [6.45, 7) is 0. The lowest BCUT2D eigenvalue weighted by Crippen LogP contribution is -2.14. The van der Waals surface area contributed by atoms with E-state index in [1.54, 1.807) is 24.3 Å². The number of hydrogen-bond acceptors (Lipinski definition) is 3. The van der Waals surface area contributed by atoms with E-state index in [0.29, 0.717) is 37.8 Å². The summed E-state index contributed by atoms with van der Waals surface area (Å²) in [7, 11) is 0. The molecule has 3 nitrogen and oxygen atoms in total. The van der Waals surface area contributed by atoms with Crippen LogP contribution in [0.2, 0.25) is 10.0 Å². The van der Waals surface area contributed by atoms with Crippen molar-refractivity contribution in [1.82, 2.24) is 4.98 Å². The molecule has 1 heterocycles. The summed E-state index contributed by atoms with van der Waals surface area (Å²) in [5, 5.41) is 1.70. The van der Waals surface area contributed by atoms with Crippen LogP contribution < -0.4 is 0 Å². The van der Waals surface area contributed by atoms with Gasteiger partial charge >= 0.3 is 5.97 Å². The van der Waals surface area contributed by atoms with Crippen LogP contribution in [0.1, 0.15) is 27.6 Å². The zero-order chi connectivity index (χ0) is 23.5. The predicted molar refractivity (Wildman–Crippen MR) is 137 cm³/mol. The van der Waals surface area contributed by atoms with Crippen LogP contribution in [0.3, 0.4) is 0 Å². The van der Waals surface area contributed by atoms with Crippen molar-refractivity contribution in [2.45, 2.75) is 6.10 Å². The number of rotatable bonds is 5. The van der Waals surface area contributed by atoms with Crippen molar-refractivity contribution >= 4 is 40.1 Å². The molecule has 0 spiro atoms. The zero-order valence-corrected chi connectivity index (χ0v) is 19.5. The maximum absolute atomic E-state index is 13.6. The van der Waals surface area contributed by atoms with Crippen LogP contribution in [-0.2, 0) is 4.74 Å². The molecular formula is C29H19Cl2NO2. The second-order valence-electron chi connectivity index (χ2n) is 7.80. The van der Waals surface area contributed by atoms with E-state index in [1.807, 2.05) is 84.9 Å². The highest BCUT2D eigenvalue weighted by molar-refractivity contribution is 6.36. The number of carbonyl (C=O) groups is 1. The van der Waals surface area contributed by atoms with Gasteiger partial charge in [0, 0.05) is 16.0 Å². The molecule has 0 N–H and O–H groups in total. The molecule has 0 amide bonds. The lowest BCUT2D eigenvalue weighted by Gasteiger charge is -2.20. The van der Waals surface area contributed by atoms with E-state index in [2.05, 4.69) is 0 Å². The molecule has 0 unspecified atom stereocenters. The molecule has 0 aliphatic carbocycles. The van der Waals surface area contributed by atoms with Gasteiger partial charge < -0.3 is 4.74 Å². The van der Waals surface area contributed by atoms with E-state index >= 15 is 0 Å². The number of benzene rings is 4. The Hall–Kier alpha value is -3.66. The molecule has 34 heavy (non-hydrogen) atoms. The highest BCUT2D eigenvalue weighted by Crippen LogP contribution is 2.33. The zero-order valence-electron chi connectivity index (χ0n) is 18.0. The SMILES string of the molecule is O=C(OC(c1ccccc1)c1ccccc1)c1cc(-c2ccc(Cl)cc2Cl)nc2ccccc12. The Balaban J connectivity index is 1.61. The van der Waals surface area contributed by atoms with Gasteiger partial charge in [0.15, 0.2) is 6.10 Å². The maximum atomic E-state index is 13.6. The fraction of sp³-hybridized carbons (Fsp3) is 0.0345. The van der Waals surface area contributed by atoms with Crippen molar-refractivity contribution in [1.29, 1.82) is 0 Å². The van der Waals surface area contributed by atoms with E-state index in [9.17, 15) is 4.79 Å². The minimum atomic E-state index is -0.551. The smallest absolute Gasteiger partial charge is 0.339 e. The third-order valence-electron chi connectivity index (χ3n) is 5.57. The molecule has 5 rings (SSSR count). The van der Waals surface area contributed by atoms with Crippen LogP contribution in [0.5, 0.6) is 0 Å². The summed E-state index contributed by atoms with van der Waals surface area (Å²) in [6, 6.07) is 33.8. The number of para-hydroxylation sites is 1. The van der Waals surface area contributed by atoms with Crippen LogP contribution in [0.15, 0.2) is 109 Å². The van der Waals surface area contributed by atoms with Gasteiger partial charge in [0.05, 0.1) is 21.8 Å². The number of carbonyl (C=O) groups excluding carboxylic acids is 1. The van der Waals surface area contributed by atoms with Gasteiger partial charge in [0.1, 0.15) is 0 Å². The predicted octanol–water partition coefficient (Wildman–Crippen LogP) is 8.16. The molecule has 0 saturated carbocycles. The van der Waals surface area contributed by atoms with Crippen molar-refractivity contribution < 1.29 is 9.53 Å². The van der Waals surface area contributed by atoms with E-state index in [4.69, 9.17) is 32.9 Å². The molecule has 0 aliphatic heterocycles. The maximum Gasteiger partial charge on any atom is 0.339 e. The van der Waals surface area contributed by atoms with Crippen LogP contribution >= 0.6 is 23.2 Å². The largest absolute Gasteiger partial charge is 0.449 e. The highest BCUT2D eigenvalue weighted by atomic mass is 35.5. The first-order valence-corrected chi connectivity index (χ1v) is 11.5. The van der Waals surface area contributed by atoms with Gasteiger partial charge in [-0.1, -0.05) is 102 Å². The van der Waals surface area contributed by atoms with E-state index in [-0.39, 0.29) is 0 Å². The van der Waals surface area contributed by atoms with E-state index in [1.165, 1.54) is 0 Å². The second kappa shape index (κ2) is 9.68. The highest BCUT2D eigenvalue weighted by Gasteiger charge is 2.23. The first-order valence-electron chi connectivity index (χ1n) is 10.8. The Bertz CT molecular complexity index is 1430. The molecule has 166 valence electrons. The average molecular weight is 484 g/mol. The molecule has 5 heteroatoms. The van der Waals surface area contributed by atoms with Crippen LogP contribution in [0, 0.1) is 0 Å². The average Bonchev–Trinajstić information content (AvgIpc) is 2.87. The molecule has 0 radical (unpaired) electrons. The Morgan fingerprint density at radius 3 is 2.00 bits per heavy atom. The van der Waals surface area contributed by atoms with Gasteiger partial charge in [-0.05, 0) is 41.5 Å². The molecule has 0 saturated heterocycles. The number of halogens is 2. The quantitative estimate of drug-likeness (QED) is 0.236. The van der Waals surface area contributed by atoms with Crippen molar-refractivity contribution in [2.24, 2.45) is 0 Å². The van der Waals surface area contributed by atoms with Crippen molar-refractivity contribution in [2.75, 3.05) is 0 Å². The van der Waals surface area contributed by atoms with Gasteiger partial charge in [-0.15, -0.1) is 0 Å². The monoisotopic (exact) mass is 483 g/mol. The lowest BCUT2D eigenvalue weighted by atomic mass is 10.0.